The Morgan fingerprint density at radius 2 is 1.19 bits per heavy atom. The first-order valence-electron chi connectivity index (χ1n) is 18.1. The lowest BCUT2D eigenvalue weighted by atomic mass is 9.71. The number of hydrogen-bond acceptors (Lipinski definition) is 3. The zero-order chi connectivity index (χ0) is 34.3. The number of likely N-dealkylation sites (tertiary alicyclic amines) is 1. The first-order valence-corrected chi connectivity index (χ1v) is 19.6. The lowest BCUT2D eigenvalue weighted by Crippen LogP contribution is -2.43. The fraction of sp³-hybridized carbons (Fsp3) is 0.442. The van der Waals surface area contributed by atoms with Gasteiger partial charge in [0.05, 0.1) is 4.90 Å². The van der Waals surface area contributed by atoms with Gasteiger partial charge in [0.25, 0.3) is 0 Å². The molecule has 4 aromatic carbocycles. The van der Waals surface area contributed by atoms with Gasteiger partial charge < -0.3 is 4.90 Å². The van der Waals surface area contributed by atoms with Gasteiger partial charge >= 0.3 is 0 Å². The van der Waals surface area contributed by atoms with Crippen molar-refractivity contribution in [1.29, 1.82) is 0 Å². The molecule has 1 aliphatic heterocycles. The van der Waals surface area contributed by atoms with E-state index in [0.29, 0.717) is 23.3 Å². The molecule has 0 bridgehead atoms. The molecule has 0 spiro atoms. The van der Waals surface area contributed by atoms with Crippen LogP contribution in [-0.2, 0) is 15.4 Å². The van der Waals surface area contributed by atoms with Crippen molar-refractivity contribution in [3.63, 3.8) is 0 Å². The third kappa shape index (κ3) is 8.30. The van der Waals surface area contributed by atoms with Crippen molar-refractivity contribution >= 4 is 10.0 Å². The maximum absolute atomic E-state index is 14.6. The van der Waals surface area contributed by atoms with Gasteiger partial charge in [-0.15, -0.1) is 0 Å². The normalized spacial score (nSPS) is 15.1. The van der Waals surface area contributed by atoms with Gasteiger partial charge in [0.15, 0.2) is 0 Å². The van der Waals surface area contributed by atoms with Crippen LogP contribution >= 0.6 is 0 Å². The zero-order valence-corrected chi connectivity index (χ0v) is 30.8. The number of benzene rings is 4. The van der Waals surface area contributed by atoms with Crippen LogP contribution in [0.25, 0.3) is 0 Å². The van der Waals surface area contributed by atoms with E-state index in [9.17, 15) is 8.42 Å². The summed E-state index contributed by atoms with van der Waals surface area (Å²) in [5.41, 5.74) is 6.22. The Hall–Kier alpha value is -3.25. The molecule has 4 aromatic rings. The smallest absolute Gasteiger partial charge is 0.241 e. The van der Waals surface area contributed by atoms with E-state index in [2.05, 4.69) is 142 Å². The van der Waals surface area contributed by atoms with Gasteiger partial charge in [-0.2, -0.15) is 0 Å². The average Bonchev–Trinajstić information content (AvgIpc) is 3.10. The van der Waals surface area contributed by atoms with Crippen LogP contribution in [0.15, 0.2) is 108 Å². The summed E-state index contributed by atoms with van der Waals surface area (Å²) in [6.07, 6.45) is 4.16. The Labute approximate surface area is 291 Å². The van der Waals surface area contributed by atoms with E-state index in [1.165, 1.54) is 24.0 Å². The minimum atomic E-state index is -3.84. The van der Waals surface area contributed by atoms with Crippen LogP contribution in [0.3, 0.4) is 0 Å². The van der Waals surface area contributed by atoms with Crippen molar-refractivity contribution in [3.05, 3.63) is 137 Å². The molecule has 5 rings (SSSR count). The second-order valence-corrected chi connectivity index (χ2v) is 16.5. The van der Waals surface area contributed by atoms with Crippen LogP contribution < -0.4 is 4.72 Å². The molecule has 48 heavy (non-hydrogen) atoms. The molecule has 1 aliphatic rings. The summed E-state index contributed by atoms with van der Waals surface area (Å²) in [7, 11) is -3.84. The molecule has 1 N–H and O–H groups in total. The van der Waals surface area contributed by atoms with Crippen molar-refractivity contribution < 1.29 is 8.42 Å². The van der Waals surface area contributed by atoms with Gasteiger partial charge in [0.1, 0.15) is 0 Å². The number of hydrogen-bond donors (Lipinski definition) is 1. The minimum absolute atomic E-state index is 0.0758. The first kappa shape index (κ1) is 36.0. The molecule has 0 saturated carbocycles. The van der Waals surface area contributed by atoms with Crippen LogP contribution in [-0.4, -0.2) is 39.5 Å². The van der Waals surface area contributed by atoms with Crippen molar-refractivity contribution in [2.24, 2.45) is 0 Å². The van der Waals surface area contributed by atoms with E-state index in [4.69, 9.17) is 0 Å². The van der Waals surface area contributed by atoms with E-state index in [1.807, 2.05) is 12.1 Å². The van der Waals surface area contributed by atoms with Crippen molar-refractivity contribution in [2.75, 3.05) is 26.2 Å². The van der Waals surface area contributed by atoms with Gasteiger partial charge in [0.2, 0.25) is 10.0 Å². The minimum Gasteiger partial charge on any atom is -0.303 e. The van der Waals surface area contributed by atoms with Crippen molar-refractivity contribution in [3.8, 4) is 0 Å². The number of piperidine rings is 1. The summed E-state index contributed by atoms with van der Waals surface area (Å²) in [5.74, 6) is 1.10. The average molecular weight is 665 g/mol. The number of nitrogens with zero attached hydrogens (tertiary/aromatic N) is 1. The van der Waals surface area contributed by atoms with Crippen LogP contribution in [0, 0.1) is 0 Å². The van der Waals surface area contributed by atoms with Gasteiger partial charge in [-0.25, -0.2) is 13.1 Å². The van der Waals surface area contributed by atoms with Crippen LogP contribution in [0.4, 0.5) is 0 Å². The van der Waals surface area contributed by atoms with Gasteiger partial charge in [-0.1, -0.05) is 145 Å². The molecule has 0 aromatic heterocycles. The zero-order valence-electron chi connectivity index (χ0n) is 30.0. The summed E-state index contributed by atoms with van der Waals surface area (Å²) in [6, 6.07) is 36.2. The molecule has 256 valence electrons. The first-order chi connectivity index (χ1) is 23.0. The monoisotopic (exact) mass is 664 g/mol. The molecule has 1 heterocycles. The standard InChI is InChI=1S/C43H56N2O2S/c1-32(2)37-29-40(33(3)4)42(41(30-37)34(5)6)48(46,47)44-31-43(38-19-12-8-13-20-38,39-21-14-9-15-22-39)25-16-26-45-27-23-36(24-28-45)35-17-10-7-11-18-35/h7-15,17-22,29-30,32-34,36,44H,16,23-28,31H2,1-6H3. The SMILES string of the molecule is CC(C)c1cc(C(C)C)c(S(=O)(=O)NCC(CCCN2CCC(c3ccccc3)CC2)(c2ccccc2)c2ccccc2)c(C(C)C)c1. The Morgan fingerprint density at radius 1 is 0.708 bits per heavy atom. The summed E-state index contributed by atoms with van der Waals surface area (Å²) in [6.45, 7) is 16.2. The maximum Gasteiger partial charge on any atom is 0.241 e. The van der Waals surface area contributed by atoms with Crippen LogP contribution in [0.2, 0.25) is 0 Å². The maximum atomic E-state index is 14.6. The highest BCUT2D eigenvalue weighted by atomic mass is 32.2. The summed E-state index contributed by atoms with van der Waals surface area (Å²) in [5, 5.41) is 0. The third-order valence-electron chi connectivity index (χ3n) is 10.5. The lowest BCUT2D eigenvalue weighted by Gasteiger charge is -2.37. The van der Waals surface area contributed by atoms with Crippen LogP contribution in [0.1, 0.15) is 124 Å². The molecule has 0 atom stereocenters. The number of sulfonamides is 1. The third-order valence-corrected chi connectivity index (χ3v) is 12.0. The second-order valence-electron chi connectivity index (χ2n) is 14.8. The molecular weight excluding hydrogens is 609 g/mol. The Kier molecular flexibility index (Phi) is 12.0. The molecule has 5 heteroatoms. The predicted molar refractivity (Wildman–Crippen MR) is 202 cm³/mol. The summed E-state index contributed by atoms with van der Waals surface area (Å²) < 4.78 is 32.5. The lowest BCUT2D eigenvalue weighted by molar-refractivity contribution is 0.204. The Balaban J connectivity index is 1.44. The number of rotatable bonds is 14. The number of nitrogens with one attached hydrogen (secondary N) is 1. The van der Waals surface area contributed by atoms with Gasteiger partial charge in [-0.3, -0.25) is 0 Å². The fourth-order valence-corrected chi connectivity index (χ4v) is 9.36. The Bertz CT molecular complexity index is 1620. The molecule has 0 unspecified atom stereocenters. The van der Waals surface area contributed by atoms with E-state index >= 15 is 0 Å². The second kappa shape index (κ2) is 16.0. The molecular formula is C43H56N2O2S. The highest BCUT2D eigenvalue weighted by Gasteiger charge is 2.37. The molecule has 0 aliphatic carbocycles. The van der Waals surface area contributed by atoms with E-state index in [-0.39, 0.29) is 11.8 Å². The summed E-state index contributed by atoms with van der Waals surface area (Å²) in [4.78, 5) is 3.07. The van der Waals surface area contributed by atoms with Gasteiger partial charge in [-0.05, 0) is 102 Å². The highest BCUT2D eigenvalue weighted by molar-refractivity contribution is 7.89. The summed E-state index contributed by atoms with van der Waals surface area (Å²) >= 11 is 0. The van der Waals surface area contributed by atoms with E-state index in [1.54, 1.807) is 0 Å². The van der Waals surface area contributed by atoms with Crippen LogP contribution in [0.5, 0.6) is 0 Å². The Morgan fingerprint density at radius 3 is 1.65 bits per heavy atom. The van der Waals surface area contributed by atoms with E-state index in [0.717, 1.165) is 54.7 Å². The molecule has 0 radical (unpaired) electrons. The molecule has 0 amide bonds. The van der Waals surface area contributed by atoms with Gasteiger partial charge in [0, 0.05) is 12.0 Å². The van der Waals surface area contributed by atoms with Crippen molar-refractivity contribution in [2.45, 2.75) is 101 Å². The largest absolute Gasteiger partial charge is 0.303 e. The fourth-order valence-electron chi connectivity index (χ4n) is 7.57. The topological polar surface area (TPSA) is 49.4 Å². The molecule has 1 fully saturated rings. The molecule has 4 nitrogen and oxygen atoms in total. The highest BCUT2D eigenvalue weighted by Crippen LogP contribution is 2.39. The van der Waals surface area contributed by atoms with Crippen molar-refractivity contribution in [1.82, 2.24) is 9.62 Å². The molecule has 1 saturated heterocycles. The predicted octanol–water partition coefficient (Wildman–Crippen LogP) is 9.98. The quantitative estimate of drug-likeness (QED) is 0.146. The van der Waals surface area contributed by atoms with E-state index < -0.39 is 15.4 Å².